The summed E-state index contributed by atoms with van der Waals surface area (Å²) in [5.41, 5.74) is 2.03. The molecule has 0 N–H and O–H groups in total. The van der Waals surface area contributed by atoms with Gasteiger partial charge in [0.25, 0.3) is 5.91 Å². The highest BCUT2D eigenvalue weighted by molar-refractivity contribution is 6.31. The fourth-order valence-electron chi connectivity index (χ4n) is 2.62. The molecule has 0 spiro atoms. The maximum absolute atomic E-state index is 12.2. The van der Waals surface area contributed by atoms with Gasteiger partial charge in [0.05, 0.1) is 0 Å². The number of rotatable bonds is 4. The SMILES string of the molecule is Cc1cc(OCC(=O)N2CCCCC2)c(C(C)C)cc1Cl. The maximum atomic E-state index is 12.2. The lowest BCUT2D eigenvalue weighted by Gasteiger charge is -2.27. The van der Waals surface area contributed by atoms with Crippen LogP contribution in [-0.4, -0.2) is 30.5 Å². The molecule has 1 aliphatic rings. The predicted octanol–water partition coefficient (Wildman–Crippen LogP) is 4.16. The number of likely N-dealkylation sites (tertiary alicyclic amines) is 1. The molecule has 1 heterocycles. The first-order chi connectivity index (χ1) is 9.99. The summed E-state index contributed by atoms with van der Waals surface area (Å²) in [6.45, 7) is 7.98. The summed E-state index contributed by atoms with van der Waals surface area (Å²) in [5.74, 6) is 1.16. The number of carbonyl (C=O) groups excluding carboxylic acids is 1. The van der Waals surface area contributed by atoms with Crippen LogP contribution in [0.15, 0.2) is 12.1 Å². The van der Waals surface area contributed by atoms with E-state index in [-0.39, 0.29) is 12.5 Å². The molecule has 0 unspecified atom stereocenters. The van der Waals surface area contributed by atoms with Crippen molar-refractivity contribution in [1.29, 1.82) is 0 Å². The third-order valence-corrected chi connectivity index (χ3v) is 4.38. The Kier molecular flexibility index (Phi) is 5.51. The Morgan fingerprint density at radius 1 is 1.29 bits per heavy atom. The number of hydrogen-bond acceptors (Lipinski definition) is 2. The first-order valence-electron chi connectivity index (χ1n) is 7.69. The molecule has 0 saturated carbocycles. The third kappa shape index (κ3) is 4.13. The Hall–Kier alpha value is -1.22. The number of halogens is 1. The molecular weight excluding hydrogens is 286 g/mol. The van der Waals surface area contributed by atoms with Crippen LogP contribution in [0.25, 0.3) is 0 Å². The number of benzene rings is 1. The van der Waals surface area contributed by atoms with Crippen LogP contribution >= 0.6 is 11.6 Å². The zero-order chi connectivity index (χ0) is 15.4. The molecule has 116 valence electrons. The molecule has 0 radical (unpaired) electrons. The molecular formula is C17H24ClNO2. The molecule has 1 amide bonds. The number of ether oxygens (including phenoxy) is 1. The summed E-state index contributed by atoms with van der Waals surface area (Å²) in [6, 6.07) is 3.88. The fourth-order valence-corrected chi connectivity index (χ4v) is 2.79. The summed E-state index contributed by atoms with van der Waals surface area (Å²) in [7, 11) is 0. The van der Waals surface area contributed by atoms with E-state index in [1.54, 1.807) is 0 Å². The van der Waals surface area contributed by atoms with Gasteiger partial charge in [0.2, 0.25) is 0 Å². The van der Waals surface area contributed by atoms with E-state index in [4.69, 9.17) is 16.3 Å². The number of piperidine rings is 1. The van der Waals surface area contributed by atoms with Crippen LogP contribution in [0.2, 0.25) is 5.02 Å². The highest BCUT2D eigenvalue weighted by Crippen LogP contribution is 2.32. The van der Waals surface area contributed by atoms with Gasteiger partial charge in [-0.05, 0) is 55.4 Å². The smallest absolute Gasteiger partial charge is 0.260 e. The second kappa shape index (κ2) is 7.17. The fraction of sp³-hybridized carbons (Fsp3) is 0.588. The van der Waals surface area contributed by atoms with Crippen LogP contribution in [0.3, 0.4) is 0 Å². The second-order valence-electron chi connectivity index (χ2n) is 6.02. The van der Waals surface area contributed by atoms with E-state index in [2.05, 4.69) is 13.8 Å². The highest BCUT2D eigenvalue weighted by Gasteiger charge is 2.18. The van der Waals surface area contributed by atoms with Gasteiger partial charge in [0.15, 0.2) is 6.61 Å². The van der Waals surface area contributed by atoms with Crippen LogP contribution in [0.4, 0.5) is 0 Å². The normalized spacial score (nSPS) is 15.4. The Bertz CT molecular complexity index is 508. The molecule has 0 bridgehead atoms. The summed E-state index contributed by atoms with van der Waals surface area (Å²) in [5, 5.41) is 0.744. The van der Waals surface area contributed by atoms with Crippen molar-refractivity contribution in [2.24, 2.45) is 0 Å². The zero-order valence-corrected chi connectivity index (χ0v) is 13.9. The highest BCUT2D eigenvalue weighted by atomic mass is 35.5. The average molecular weight is 310 g/mol. The van der Waals surface area contributed by atoms with Gasteiger partial charge in [-0.15, -0.1) is 0 Å². The molecule has 3 nitrogen and oxygen atoms in total. The third-order valence-electron chi connectivity index (χ3n) is 3.97. The molecule has 21 heavy (non-hydrogen) atoms. The summed E-state index contributed by atoms with van der Waals surface area (Å²) < 4.78 is 5.80. The molecule has 4 heteroatoms. The van der Waals surface area contributed by atoms with Crippen LogP contribution in [-0.2, 0) is 4.79 Å². The zero-order valence-electron chi connectivity index (χ0n) is 13.1. The van der Waals surface area contributed by atoms with E-state index in [0.717, 1.165) is 47.8 Å². The molecule has 1 aromatic carbocycles. The van der Waals surface area contributed by atoms with Crippen molar-refractivity contribution >= 4 is 17.5 Å². The van der Waals surface area contributed by atoms with Crippen molar-refractivity contribution in [2.75, 3.05) is 19.7 Å². The van der Waals surface area contributed by atoms with Crippen LogP contribution < -0.4 is 4.74 Å². The molecule has 1 aliphatic heterocycles. The predicted molar refractivity (Wildman–Crippen MR) is 86.2 cm³/mol. The van der Waals surface area contributed by atoms with E-state index in [0.29, 0.717) is 5.92 Å². The van der Waals surface area contributed by atoms with Crippen molar-refractivity contribution in [3.63, 3.8) is 0 Å². The van der Waals surface area contributed by atoms with Gasteiger partial charge >= 0.3 is 0 Å². The average Bonchev–Trinajstić information content (AvgIpc) is 2.48. The first-order valence-corrected chi connectivity index (χ1v) is 8.07. The minimum absolute atomic E-state index is 0.0806. The summed E-state index contributed by atoms with van der Waals surface area (Å²) in [4.78, 5) is 14.1. The molecule has 1 fully saturated rings. The Balaban J connectivity index is 2.05. The van der Waals surface area contributed by atoms with Crippen LogP contribution in [0, 0.1) is 6.92 Å². The molecule has 0 aliphatic carbocycles. The lowest BCUT2D eigenvalue weighted by Crippen LogP contribution is -2.38. The van der Waals surface area contributed by atoms with Crippen molar-refractivity contribution in [3.05, 3.63) is 28.3 Å². The largest absolute Gasteiger partial charge is 0.483 e. The molecule has 2 rings (SSSR count). The van der Waals surface area contributed by atoms with Crippen LogP contribution in [0.5, 0.6) is 5.75 Å². The number of carbonyl (C=O) groups is 1. The van der Waals surface area contributed by atoms with Gasteiger partial charge in [-0.25, -0.2) is 0 Å². The van der Waals surface area contributed by atoms with Crippen molar-refractivity contribution in [1.82, 2.24) is 4.90 Å². The number of amides is 1. The number of aryl methyl sites for hydroxylation is 1. The van der Waals surface area contributed by atoms with E-state index in [1.165, 1.54) is 6.42 Å². The van der Waals surface area contributed by atoms with Gasteiger partial charge in [0.1, 0.15) is 5.75 Å². The van der Waals surface area contributed by atoms with Crippen molar-refractivity contribution in [2.45, 2.75) is 46.0 Å². The first kappa shape index (κ1) is 16.2. The van der Waals surface area contributed by atoms with E-state index < -0.39 is 0 Å². The van der Waals surface area contributed by atoms with Gasteiger partial charge in [-0.3, -0.25) is 4.79 Å². The Labute approximate surface area is 132 Å². The topological polar surface area (TPSA) is 29.5 Å². The van der Waals surface area contributed by atoms with E-state index in [9.17, 15) is 4.79 Å². The molecule has 1 saturated heterocycles. The Morgan fingerprint density at radius 2 is 1.95 bits per heavy atom. The number of hydrogen-bond donors (Lipinski definition) is 0. The van der Waals surface area contributed by atoms with Crippen molar-refractivity contribution in [3.8, 4) is 5.75 Å². The van der Waals surface area contributed by atoms with Crippen LogP contribution in [0.1, 0.15) is 50.2 Å². The van der Waals surface area contributed by atoms with Crippen molar-refractivity contribution < 1.29 is 9.53 Å². The van der Waals surface area contributed by atoms with Gasteiger partial charge in [-0.1, -0.05) is 25.4 Å². The minimum Gasteiger partial charge on any atom is -0.483 e. The summed E-state index contributed by atoms with van der Waals surface area (Å²) >= 11 is 6.18. The molecule has 0 atom stereocenters. The lowest BCUT2D eigenvalue weighted by atomic mass is 10.0. The quantitative estimate of drug-likeness (QED) is 0.835. The Morgan fingerprint density at radius 3 is 2.57 bits per heavy atom. The molecule has 1 aromatic rings. The molecule has 0 aromatic heterocycles. The lowest BCUT2D eigenvalue weighted by molar-refractivity contribution is -0.134. The second-order valence-corrected chi connectivity index (χ2v) is 6.43. The standard InChI is InChI=1S/C17H24ClNO2/c1-12(2)14-10-15(18)13(3)9-16(14)21-11-17(20)19-7-5-4-6-8-19/h9-10,12H,4-8,11H2,1-3H3. The van der Waals surface area contributed by atoms with Gasteiger partial charge < -0.3 is 9.64 Å². The maximum Gasteiger partial charge on any atom is 0.260 e. The van der Waals surface area contributed by atoms with E-state index >= 15 is 0 Å². The van der Waals surface area contributed by atoms with E-state index in [1.807, 2.05) is 24.0 Å². The summed E-state index contributed by atoms with van der Waals surface area (Å²) in [6.07, 6.45) is 3.42. The van der Waals surface area contributed by atoms with Gasteiger partial charge in [-0.2, -0.15) is 0 Å². The monoisotopic (exact) mass is 309 g/mol. The van der Waals surface area contributed by atoms with Gasteiger partial charge in [0, 0.05) is 18.1 Å². The number of nitrogens with zero attached hydrogens (tertiary/aromatic N) is 1. The minimum atomic E-state index is 0.0806.